The van der Waals surface area contributed by atoms with Crippen molar-refractivity contribution >= 4 is 6.16 Å². The van der Waals surface area contributed by atoms with E-state index in [0.29, 0.717) is 17.8 Å². The molecule has 0 aliphatic heterocycles. The molecule has 3 heteroatoms. The highest BCUT2D eigenvalue weighted by atomic mass is 16.7. The molecule has 0 bridgehead atoms. The highest BCUT2D eigenvalue weighted by Crippen LogP contribution is 2.26. The summed E-state index contributed by atoms with van der Waals surface area (Å²) in [7, 11) is 2.51. The van der Waals surface area contributed by atoms with Crippen molar-refractivity contribution in [1.29, 1.82) is 0 Å². The molecule has 0 saturated heterocycles. The Balaban J connectivity index is 0.000000567. The minimum Gasteiger partial charge on any atom is -0.438 e. The van der Waals surface area contributed by atoms with Gasteiger partial charge in [0.25, 0.3) is 0 Å². The van der Waals surface area contributed by atoms with Gasteiger partial charge in [0, 0.05) is 0 Å². The molecule has 1 aromatic rings. The molecular weight excluding hydrogens is 264 g/mol. The normalized spacial score (nSPS) is 10.4. The number of rotatable bonds is 3. The summed E-state index contributed by atoms with van der Waals surface area (Å²) in [6.07, 6.45) is -0.657. The predicted octanol–water partition coefficient (Wildman–Crippen LogP) is 5.46. The van der Waals surface area contributed by atoms with Crippen molar-refractivity contribution in [3.63, 3.8) is 0 Å². The SMILES string of the molecule is CC(C)c1cc(C(C)C)cc(C(C)C)c1.COC(=O)OC. The zero-order valence-electron chi connectivity index (χ0n) is 14.7. The first-order valence-electron chi connectivity index (χ1n) is 7.49. The number of carbonyl (C=O) groups is 1. The number of benzene rings is 1. The van der Waals surface area contributed by atoms with Gasteiger partial charge in [-0.05, 0) is 34.4 Å². The van der Waals surface area contributed by atoms with Gasteiger partial charge in [0.2, 0.25) is 0 Å². The van der Waals surface area contributed by atoms with Crippen LogP contribution in [0.3, 0.4) is 0 Å². The molecule has 0 fully saturated rings. The second-order valence-electron chi connectivity index (χ2n) is 6.06. The smallest absolute Gasteiger partial charge is 0.438 e. The Bertz CT molecular complexity index is 363. The molecule has 21 heavy (non-hydrogen) atoms. The molecule has 0 aliphatic carbocycles. The lowest BCUT2D eigenvalue weighted by Crippen LogP contribution is -1.98. The van der Waals surface area contributed by atoms with E-state index in [1.165, 1.54) is 30.9 Å². The van der Waals surface area contributed by atoms with Gasteiger partial charge in [-0.2, -0.15) is 0 Å². The van der Waals surface area contributed by atoms with Crippen LogP contribution in [-0.4, -0.2) is 20.4 Å². The standard InChI is InChI=1S/C15H24.C3H6O3/c1-10(2)13-7-14(11(3)4)9-15(8-13)12(5)6;1-5-3(4)6-2/h7-12H,1-6H3;1-2H3. The van der Waals surface area contributed by atoms with Crippen LogP contribution >= 0.6 is 0 Å². The van der Waals surface area contributed by atoms with Gasteiger partial charge in [0.15, 0.2) is 0 Å². The zero-order chi connectivity index (χ0) is 16.6. The van der Waals surface area contributed by atoms with Crippen LogP contribution in [0, 0.1) is 0 Å². The number of hydrogen-bond donors (Lipinski definition) is 0. The monoisotopic (exact) mass is 294 g/mol. The van der Waals surface area contributed by atoms with Crippen LogP contribution in [0.5, 0.6) is 0 Å². The van der Waals surface area contributed by atoms with Gasteiger partial charge in [-0.3, -0.25) is 0 Å². The van der Waals surface area contributed by atoms with Gasteiger partial charge < -0.3 is 9.47 Å². The van der Waals surface area contributed by atoms with Gasteiger partial charge >= 0.3 is 6.16 Å². The second-order valence-corrected chi connectivity index (χ2v) is 6.06. The molecule has 0 aliphatic rings. The van der Waals surface area contributed by atoms with Crippen molar-refractivity contribution in [2.24, 2.45) is 0 Å². The van der Waals surface area contributed by atoms with E-state index in [4.69, 9.17) is 0 Å². The van der Waals surface area contributed by atoms with Crippen molar-refractivity contribution in [3.8, 4) is 0 Å². The quantitative estimate of drug-likeness (QED) is 0.695. The first-order valence-corrected chi connectivity index (χ1v) is 7.49. The molecular formula is C18H30O3. The molecule has 3 nitrogen and oxygen atoms in total. The molecule has 0 aromatic heterocycles. The lowest BCUT2D eigenvalue weighted by molar-refractivity contribution is 0.0924. The summed E-state index contributed by atoms with van der Waals surface area (Å²) in [6, 6.07) is 7.09. The summed E-state index contributed by atoms with van der Waals surface area (Å²) in [5.74, 6) is 1.88. The van der Waals surface area contributed by atoms with Crippen LogP contribution < -0.4 is 0 Å². The van der Waals surface area contributed by atoms with Crippen molar-refractivity contribution < 1.29 is 14.3 Å². The third kappa shape index (κ3) is 7.16. The molecule has 0 radical (unpaired) electrons. The van der Waals surface area contributed by atoms with Gasteiger partial charge in [0.1, 0.15) is 0 Å². The Labute approximate surface area is 129 Å². The highest BCUT2D eigenvalue weighted by molar-refractivity contribution is 5.59. The maximum absolute atomic E-state index is 9.74. The van der Waals surface area contributed by atoms with Crippen molar-refractivity contribution in [3.05, 3.63) is 34.9 Å². The Hall–Kier alpha value is -1.51. The zero-order valence-corrected chi connectivity index (χ0v) is 14.7. The maximum Gasteiger partial charge on any atom is 0.507 e. The molecule has 1 rings (SSSR count). The van der Waals surface area contributed by atoms with Crippen LogP contribution in [0.25, 0.3) is 0 Å². The first-order chi connectivity index (χ1) is 9.72. The third-order valence-corrected chi connectivity index (χ3v) is 3.33. The minimum atomic E-state index is -0.657. The van der Waals surface area contributed by atoms with E-state index in [1.54, 1.807) is 0 Å². The Morgan fingerprint density at radius 2 is 0.952 bits per heavy atom. The molecule has 0 atom stereocenters. The molecule has 0 saturated carbocycles. The summed E-state index contributed by atoms with van der Waals surface area (Å²) in [5.41, 5.74) is 4.43. The molecule has 0 amide bonds. The average molecular weight is 294 g/mol. The molecule has 120 valence electrons. The summed E-state index contributed by atoms with van der Waals surface area (Å²) >= 11 is 0. The van der Waals surface area contributed by atoms with Crippen LogP contribution in [-0.2, 0) is 9.47 Å². The molecule has 0 heterocycles. The van der Waals surface area contributed by atoms with Gasteiger partial charge in [-0.25, -0.2) is 4.79 Å². The fourth-order valence-corrected chi connectivity index (χ4v) is 1.79. The summed E-state index contributed by atoms with van der Waals surface area (Å²) in [4.78, 5) is 9.74. The predicted molar refractivity (Wildman–Crippen MR) is 88.1 cm³/mol. The van der Waals surface area contributed by atoms with Crippen LogP contribution in [0.15, 0.2) is 18.2 Å². The van der Waals surface area contributed by atoms with Crippen LogP contribution in [0.2, 0.25) is 0 Å². The van der Waals surface area contributed by atoms with E-state index >= 15 is 0 Å². The second kappa shape index (κ2) is 9.43. The van der Waals surface area contributed by atoms with E-state index < -0.39 is 6.16 Å². The first kappa shape index (κ1) is 19.5. The highest BCUT2D eigenvalue weighted by Gasteiger charge is 2.08. The van der Waals surface area contributed by atoms with E-state index in [2.05, 4.69) is 69.2 Å². The maximum atomic E-state index is 9.74. The lowest BCUT2D eigenvalue weighted by Gasteiger charge is -2.16. The number of methoxy groups -OCH3 is 2. The van der Waals surface area contributed by atoms with Crippen molar-refractivity contribution in [1.82, 2.24) is 0 Å². The van der Waals surface area contributed by atoms with E-state index in [0.717, 1.165) is 0 Å². The van der Waals surface area contributed by atoms with Gasteiger partial charge in [0.05, 0.1) is 14.2 Å². The van der Waals surface area contributed by atoms with Gasteiger partial charge in [-0.15, -0.1) is 0 Å². The largest absolute Gasteiger partial charge is 0.507 e. The fourth-order valence-electron chi connectivity index (χ4n) is 1.79. The van der Waals surface area contributed by atoms with E-state index in [1.807, 2.05) is 0 Å². The molecule has 0 spiro atoms. The lowest BCUT2D eigenvalue weighted by atomic mass is 9.90. The fraction of sp³-hybridized carbons (Fsp3) is 0.611. The Morgan fingerprint density at radius 3 is 1.05 bits per heavy atom. The van der Waals surface area contributed by atoms with Crippen molar-refractivity contribution in [2.75, 3.05) is 14.2 Å². The topological polar surface area (TPSA) is 35.5 Å². The van der Waals surface area contributed by atoms with Crippen molar-refractivity contribution in [2.45, 2.75) is 59.3 Å². The summed E-state index contributed by atoms with van der Waals surface area (Å²) in [6.45, 7) is 13.6. The van der Waals surface area contributed by atoms with Gasteiger partial charge in [-0.1, -0.05) is 59.7 Å². The Kier molecular flexibility index (Phi) is 8.75. The van der Waals surface area contributed by atoms with Crippen LogP contribution in [0.4, 0.5) is 4.79 Å². The average Bonchev–Trinajstić information content (AvgIpc) is 2.46. The number of hydrogen-bond acceptors (Lipinski definition) is 3. The minimum absolute atomic E-state index is 0.626. The number of carbonyl (C=O) groups excluding carboxylic acids is 1. The van der Waals surface area contributed by atoms with E-state index in [-0.39, 0.29) is 0 Å². The number of ether oxygens (including phenoxy) is 2. The summed E-state index contributed by atoms with van der Waals surface area (Å²) in [5, 5.41) is 0. The molecule has 0 N–H and O–H groups in total. The Morgan fingerprint density at radius 1 is 0.714 bits per heavy atom. The van der Waals surface area contributed by atoms with Crippen LogP contribution in [0.1, 0.15) is 76.0 Å². The summed E-state index contributed by atoms with van der Waals surface area (Å²) < 4.78 is 8.08. The molecule has 1 aromatic carbocycles. The van der Waals surface area contributed by atoms with E-state index in [9.17, 15) is 4.79 Å². The third-order valence-electron chi connectivity index (χ3n) is 3.33. The molecule has 0 unspecified atom stereocenters.